The third-order valence-corrected chi connectivity index (χ3v) is 11.2. The summed E-state index contributed by atoms with van der Waals surface area (Å²) in [5.74, 6) is 2.97. The summed E-state index contributed by atoms with van der Waals surface area (Å²) in [6.45, 7) is 4.58. The molecule has 0 spiro atoms. The van der Waals surface area contributed by atoms with Gasteiger partial charge in [-0.3, -0.25) is 0 Å². The highest BCUT2D eigenvalue weighted by Gasteiger charge is 2.51. The Balaban J connectivity index is 1.42. The van der Waals surface area contributed by atoms with Crippen LogP contribution in [0.4, 0.5) is 0 Å². The smallest absolute Gasteiger partial charge is 0.0692 e. The van der Waals surface area contributed by atoms with E-state index in [9.17, 15) is 10.5 Å². The van der Waals surface area contributed by atoms with Crippen LogP contribution in [0.5, 0.6) is 0 Å². The zero-order chi connectivity index (χ0) is 25.7. The summed E-state index contributed by atoms with van der Waals surface area (Å²) in [6, 6.07) is 5.74. The highest BCUT2D eigenvalue weighted by atomic mass is 14.6. The van der Waals surface area contributed by atoms with Gasteiger partial charge >= 0.3 is 0 Å². The lowest BCUT2D eigenvalue weighted by molar-refractivity contribution is 0.0271. The van der Waals surface area contributed by atoms with Crippen LogP contribution < -0.4 is 0 Å². The Labute approximate surface area is 225 Å². The second kappa shape index (κ2) is 15.4. The molecule has 204 valence electrons. The minimum Gasteiger partial charge on any atom is -0.198 e. The van der Waals surface area contributed by atoms with Crippen molar-refractivity contribution in [2.45, 2.75) is 168 Å². The van der Waals surface area contributed by atoms with Gasteiger partial charge in [-0.05, 0) is 75.0 Å². The molecule has 0 aromatic rings. The van der Waals surface area contributed by atoms with Crippen molar-refractivity contribution in [3.05, 3.63) is 0 Å². The second-order valence-electron chi connectivity index (χ2n) is 13.4. The summed E-state index contributed by atoms with van der Waals surface area (Å²) in [6.07, 6.45) is 31.1. The van der Waals surface area contributed by atoms with E-state index in [1.54, 1.807) is 0 Å². The summed E-state index contributed by atoms with van der Waals surface area (Å²) in [5.41, 5.74) is -0.274. The number of hydrogen-bond donors (Lipinski definition) is 0. The van der Waals surface area contributed by atoms with Gasteiger partial charge in [-0.15, -0.1) is 0 Å². The van der Waals surface area contributed by atoms with Crippen LogP contribution in [0.25, 0.3) is 0 Å². The van der Waals surface area contributed by atoms with Crippen molar-refractivity contribution >= 4 is 0 Å². The molecule has 0 radical (unpaired) electrons. The molecule has 0 aromatic heterocycles. The van der Waals surface area contributed by atoms with Crippen LogP contribution in [0.15, 0.2) is 0 Å². The maximum atomic E-state index is 10.4. The fourth-order valence-electron chi connectivity index (χ4n) is 8.45. The van der Waals surface area contributed by atoms with Gasteiger partial charge in [-0.25, -0.2) is 0 Å². The summed E-state index contributed by atoms with van der Waals surface area (Å²) in [4.78, 5) is 0. The largest absolute Gasteiger partial charge is 0.198 e. The molecule has 0 atom stereocenters. The van der Waals surface area contributed by atoms with E-state index >= 15 is 0 Å². The van der Waals surface area contributed by atoms with Crippen LogP contribution in [-0.2, 0) is 0 Å². The summed E-state index contributed by atoms with van der Waals surface area (Å²) < 4.78 is 0. The van der Waals surface area contributed by atoms with E-state index in [2.05, 4.69) is 26.0 Å². The first-order valence-corrected chi connectivity index (χ1v) is 16.4. The predicted molar refractivity (Wildman–Crippen MR) is 152 cm³/mol. The van der Waals surface area contributed by atoms with Crippen LogP contribution in [0.1, 0.15) is 168 Å². The van der Waals surface area contributed by atoms with Gasteiger partial charge in [0.25, 0.3) is 0 Å². The van der Waals surface area contributed by atoms with E-state index in [-0.39, 0.29) is 10.8 Å². The van der Waals surface area contributed by atoms with E-state index in [0.717, 1.165) is 37.5 Å². The minimum atomic E-state index is -0.137. The molecular weight excluding hydrogens is 436 g/mol. The first-order chi connectivity index (χ1) is 17.6. The van der Waals surface area contributed by atoms with Gasteiger partial charge in [0.1, 0.15) is 0 Å². The topological polar surface area (TPSA) is 47.6 Å². The first kappa shape index (κ1) is 29.5. The summed E-state index contributed by atoms with van der Waals surface area (Å²) >= 11 is 0. The Bertz CT molecular complexity index is 613. The highest BCUT2D eigenvalue weighted by Crippen LogP contribution is 2.57. The van der Waals surface area contributed by atoms with Crippen LogP contribution >= 0.6 is 0 Å². The van der Waals surface area contributed by atoms with Crippen molar-refractivity contribution < 1.29 is 0 Å². The number of nitriles is 2. The lowest BCUT2D eigenvalue weighted by Gasteiger charge is -2.49. The number of unbranched alkanes of at least 4 members (excludes halogenated alkanes) is 8. The van der Waals surface area contributed by atoms with Gasteiger partial charge < -0.3 is 0 Å². The standard InChI is InChI=1S/C34H58N2/c1-3-5-7-9-11-13-29-15-19-31(20-16-29)33(27-35)23-25-34(28-36,26-24-33)32-21-17-30(18-22-32)14-12-10-8-6-4-2/h29-32H,3-26H2,1-2H3. The highest BCUT2D eigenvalue weighted by molar-refractivity contribution is 5.14. The average molecular weight is 495 g/mol. The number of nitrogens with zero attached hydrogens (tertiary/aromatic N) is 2. The van der Waals surface area contributed by atoms with E-state index in [4.69, 9.17) is 0 Å². The molecular formula is C34H58N2. The van der Waals surface area contributed by atoms with Gasteiger partial charge in [-0.2, -0.15) is 10.5 Å². The van der Waals surface area contributed by atoms with Crippen LogP contribution in [0, 0.1) is 57.2 Å². The van der Waals surface area contributed by atoms with E-state index < -0.39 is 0 Å². The monoisotopic (exact) mass is 494 g/mol. The second-order valence-corrected chi connectivity index (χ2v) is 13.4. The molecule has 0 bridgehead atoms. The van der Waals surface area contributed by atoms with Crippen molar-refractivity contribution in [2.75, 3.05) is 0 Å². The Morgan fingerprint density at radius 2 is 0.833 bits per heavy atom. The number of rotatable bonds is 14. The van der Waals surface area contributed by atoms with Gasteiger partial charge in [-0.1, -0.05) is 117 Å². The molecule has 0 aliphatic heterocycles. The van der Waals surface area contributed by atoms with Crippen molar-refractivity contribution in [2.24, 2.45) is 34.5 Å². The fourth-order valence-corrected chi connectivity index (χ4v) is 8.45. The molecule has 0 N–H and O–H groups in total. The van der Waals surface area contributed by atoms with E-state index in [1.165, 1.54) is 128 Å². The van der Waals surface area contributed by atoms with E-state index in [1.807, 2.05) is 0 Å². The summed E-state index contributed by atoms with van der Waals surface area (Å²) in [5, 5.41) is 20.7. The van der Waals surface area contributed by atoms with E-state index in [0.29, 0.717) is 11.8 Å². The van der Waals surface area contributed by atoms with Crippen LogP contribution in [0.3, 0.4) is 0 Å². The Morgan fingerprint density at radius 1 is 0.500 bits per heavy atom. The molecule has 0 heterocycles. The van der Waals surface area contributed by atoms with Gasteiger partial charge in [0.05, 0.1) is 23.0 Å². The molecule has 0 aromatic carbocycles. The number of hydrogen-bond acceptors (Lipinski definition) is 2. The Hall–Kier alpha value is -1.02. The first-order valence-electron chi connectivity index (χ1n) is 16.4. The van der Waals surface area contributed by atoms with Crippen molar-refractivity contribution in [1.29, 1.82) is 10.5 Å². The molecule has 3 aliphatic rings. The predicted octanol–water partition coefficient (Wildman–Crippen LogP) is 10.9. The average Bonchev–Trinajstić information content (AvgIpc) is 2.93. The molecule has 3 fully saturated rings. The van der Waals surface area contributed by atoms with Crippen LogP contribution in [0.2, 0.25) is 0 Å². The van der Waals surface area contributed by atoms with Gasteiger partial charge in [0, 0.05) is 0 Å². The molecule has 36 heavy (non-hydrogen) atoms. The van der Waals surface area contributed by atoms with Gasteiger partial charge in [0.15, 0.2) is 0 Å². The van der Waals surface area contributed by atoms with Crippen molar-refractivity contribution in [1.82, 2.24) is 0 Å². The fraction of sp³-hybridized carbons (Fsp3) is 0.941. The molecule has 3 rings (SSSR count). The maximum absolute atomic E-state index is 10.4. The van der Waals surface area contributed by atoms with Crippen molar-refractivity contribution in [3.8, 4) is 12.1 Å². The third-order valence-electron chi connectivity index (χ3n) is 11.2. The quantitative estimate of drug-likeness (QED) is 0.225. The lowest BCUT2D eigenvalue weighted by atomic mass is 9.53. The molecule has 3 aliphatic carbocycles. The normalized spacial score (nSPS) is 35.1. The third kappa shape index (κ3) is 7.99. The molecule has 3 saturated carbocycles. The Kier molecular flexibility index (Phi) is 12.6. The summed E-state index contributed by atoms with van der Waals surface area (Å²) in [7, 11) is 0. The molecule has 2 heteroatoms. The van der Waals surface area contributed by atoms with Gasteiger partial charge in [0.2, 0.25) is 0 Å². The molecule has 0 amide bonds. The molecule has 2 nitrogen and oxygen atoms in total. The molecule has 0 saturated heterocycles. The maximum Gasteiger partial charge on any atom is 0.0692 e. The van der Waals surface area contributed by atoms with Crippen molar-refractivity contribution in [3.63, 3.8) is 0 Å². The zero-order valence-corrected chi connectivity index (χ0v) is 24.2. The lowest BCUT2D eigenvalue weighted by Crippen LogP contribution is -2.43. The molecule has 0 unspecified atom stereocenters. The zero-order valence-electron chi connectivity index (χ0n) is 24.2. The SMILES string of the molecule is CCCCCCCC1CCC(C2(C#N)CCC(C#N)(C3CCC(CCCCCCC)CC3)CC2)CC1. The Morgan fingerprint density at radius 3 is 1.14 bits per heavy atom. The van der Waals surface area contributed by atoms with Crippen LogP contribution in [-0.4, -0.2) is 0 Å². The minimum absolute atomic E-state index is 0.137.